The molecule has 1 aliphatic heterocycles. The van der Waals surface area contributed by atoms with Crippen LogP contribution < -0.4 is 0 Å². The molecule has 0 aromatic heterocycles. The first-order valence-electron chi connectivity index (χ1n) is 14.6. The van der Waals surface area contributed by atoms with Crippen molar-refractivity contribution in [2.75, 3.05) is 33.2 Å². The molecular weight excluding hydrogens is 523 g/mol. The van der Waals surface area contributed by atoms with Crippen molar-refractivity contribution in [3.05, 3.63) is 138 Å². The number of thioether (sulfide) groups is 1. The van der Waals surface area contributed by atoms with Gasteiger partial charge in [-0.25, -0.2) is 4.39 Å². The zero-order chi connectivity index (χ0) is 31.0. The van der Waals surface area contributed by atoms with E-state index in [0.29, 0.717) is 0 Å². The first kappa shape index (κ1) is 38.1. The summed E-state index contributed by atoms with van der Waals surface area (Å²) < 4.78 is 12.7. The fourth-order valence-corrected chi connectivity index (χ4v) is 4.26. The SMILES string of the molecule is C=C(/C=C\C(=C)CC)CC.C=C/C=C(\C=C)Sc1ccccc1C.CC.CN1CCN(Cc2ccc(F)cc2)CC1. The van der Waals surface area contributed by atoms with Gasteiger partial charge in [0.1, 0.15) is 5.82 Å². The number of nitrogens with zero attached hydrogens (tertiary/aromatic N) is 2. The number of aryl methyl sites for hydroxylation is 1. The Bertz CT molecular complexity index is 1070. The quantitative estimate of drug-likeness (QED) is 0.205. The van der Waals surface area contributed by atoms with Gasteiger partial charge in [-0.05, 0) is 62.2 Å². The van der Waals surface area contributed by atoms with Crippen LogP contribution in [0.15, 0.2) is 126 Å². The first-order chi connectivity index (χ1) is 19.7. The van der Waals surface area contributed by atoms with Crippen LogP contribution in [0.5, 0.6) is 0 Å². The maximum Gasteiger partial charge on any atom is 0.123 e. The maximum atomic E-state index is 12.7. The number of hydrogen-bond donors (Lipinski definition) is 0. The van der Waals surface area contributed by atoms with Gasteiger partial charge >= 0.3 is 0 Å². The topological polar surface area (TPSA) is 6.48 Å². The Kier molecular flexibility index (Phi) is 22.1. The zero-order valence-corrected chi connectivity index (χ0v) is 27.3. The smallest absolute Gasteiger partial charge is 0.123 e. The summed E-state index contributed by atoms with van der Waals surface area (Å²) in [6.07, 6.45) is 11.7. The van der Waals surface area contributed by atoms with Gasteiger partial charge in [-0.1, -0.05) is 132 Å². The lowest BCUT2D eigenvalue weighted by Crippen LogP contribution is -2.43. The van der Waals surface area contributed by atoms with Crippen LogP contribution >= 0.6 is 11.8 Å². The summed E-state index contributed by atoms with van der Waals surface area (Å²) in [6, 6.07) is 15.1. The maximum absolute atomic E-state index is 12.7. The summed E-state index contributed by atoms with van der Waals surface area (Å²) >= 11 is 1.71. The molecule has 2 nitrogen and oxygen atoms in total. The van der Waals surface area contributed by atoms with Crippen LogP contribution in [0.4, 0.5) is 4.39 Å². The van der Waals surface area contributed by atoms with Crippen molar-refractivity contribution in [3.8, 4) is 0 Å². The van der Waals surface area contributed by atoms with Crippen molar-refractivity contribution >= 4 is 11.8 Å². The summed E-state index contributed by atoms with van der Waals surface area (Å²) in [7, 11) is 2.15. The van der Waals surface area contributed by atoms with Gasteiger partial charge in [0.2, 0.25) is 0 Å². The summed E-state index contributed by atoms with van der Waals surface area (Å²) in [5.74, 6) is -0.155. The number of hydrogen-bond acceptors (Lipinski definition) is 3. The number of allylic oxidation sites excluding steroid dienone is 7. The van der Waals surface area contributed by atoms with Crippen LogP contribution in [0.3, 0.4) is 0 Å². The molecule has 3 rings (SSSR count). The van der Waals surface area contributed by atoms with Gasteiger partial charge in [-0.2, -0.15) is 0 Å². The molecule has 1 heterocycles. The number of halogens is 1. The van der Waals surface area contributed by atoms with E-state index < -0.39 is 0 Å². The highest BCUT2D eigenvalue weighted by Crippen LogP contribution is 2.29. The molecule has 224 valence electrons. The molecule has 41 heavy (non-hydrogen) atoms. The van der Waals surface area contributed by atoms with Crippen LogP contribution in [0.25, 0.3) is 0 Å². The molecule has 0 N–H and O–H groups in total. The van der Waals surface area contributed by atoms with E-state index >= 15 is 0 Å². The molecule has 0 radical (unpaired) electrons. The largest absolute Gasteiger partial charge is 0.304 e. The van der Waals surface area contributed by atoms with E-state index in [1.54, 1.807) is 17.8 Å². The normalized spacial score (nSPS) is 13.5. The molecule has 0 spiro atoms. The Balaban J connectivity index is 0.000000580. The molecule has 1 saturated heterocycles. The second-order valence-corrected chi connectivity index (χ2v) is 10.6. The standard InChI is InChI=1S/C13H14S.C12H17FN2.C10H16.C2H6/c1-4-8-12(5-2)14-13-10-7-6-9-11(13)3;1-14-6-8-15(9-7-14)10-11-2-4-12(13)5-3-11;1-5-9(3)7-8-10(4)6-2;1-2/h4-10H,1-2H2,3H3;2-5H,6-10H2,1H3;7-8H,3-6H2,1-2H3;1-2H3/b12-8+;;8-7-;. The molecular formula is C37H53FN2S. The van der Waals surface area contributed by atoms with Crippen molar-refractivity contribution in [2.45, 2.75) is 58.9 Å². The lowest BCUT2D eigenvalue weighted by molar-refractivity contribution is 0.148. The van der Waals surface area contributed by atoms with E-state index in [9.17, 15) is 4.39 Å². The Morgan fingerprint density at radius 3 is 1.88 bits per heavy atom. The van der Waals surface area contributed by atoms with Gasteiger partial charge in [0.25, 0.3) is 0 Å². The summed E-state index contributed by atoms with van der Waals surface area (Å²) in [5.41, 5.74) is 4.81. The van der Waals surface area contributed by atoms with Gasteiger partial charge in [0, 0.05) is 42.5 Å². The van der Waals surface area contributed by atoms with Crippen molar-refractivity contribution in [1.29, 1.82) is 0 Å². The number of piperazine rings is 1. The van der Waals surface area contributed by atoms with E-state index in [0.717, 1.165) is 61.6 Å². The van der Waals surface area contributed by atoms with Crippen LogP contribution in [0.1, 0.15) is 51.7 Å². The van der Waals surface area contributed by atoms with Crippen molar-refractivity contribution in [3.63, 3.8) is 0 Å². The minimum absolute atomic E-state index is 0.155. The third-order valence-corrected chi connectivity index (χ3v) is 7.40. The average molecular weight is 577 g/mol. The van der Waals surface area contributed by atoms with Crippen LogP contribution in [-0.2, 0) is 6.54 Å². The van der Waals surface area contributed by atoms with Crippen LogP contribution in [-0.4, -0.2) is 43.0 Å². The third-order valence-electron chi connectivity index (χ3n) is 6.18. The number of rotatable bonds is 10. The molecule has 1 fully saturated rings. The highest BCUT2D eigenvalue weighted by molar-refractivity contribution is 8.03. The zero-order valence-electron chi connectivity index (χ0n) is 26.5. The van der Waals surface area contributed by atoms with E-state index in [1.165, 1.54) is 28.2 Å². The molecule has 4 heteroatoms. The second-order valence-electron chi connectivity index (χ2n) is 9.44. The van der Waals surface area contributed by atoms with Crippen molar-refractivity contribution < 1.29 is 4.39 Å². The predicted octanol–water partition coefficient (Wildman–Crippen LogP) is 10.4. The lowest BCUT2D eigenvalue weighted by atomic mass is 10.1. The molecule has 0 amide bonds. The first-order valence-corrected chi connectivity index (χ1v) is 15.4. The lowest BCUT2D eigenvalue weighted by Gasteiger charge is -2.32. The second kappa shape index (κ2) is 23.8. The molecule has 2 aromatic rings. The minimum Gasteiger partial charge on any atom is -0.304 e. The molecule has 0 aliphatic carbocycles. The Hall–Kier alpha value is -2.92. The minimum atomic E-state index is -0.155. The van der Waals surface area contributed by atoms with E-state index in [-0.39, 0.29) is 5.82 Å². The molecule has 0 bridgehead atoms. The average Bonchev–Trinajstić information content (AvgIpc) is 3.00. The van der Waals surface area contributed by atoms with Crippen molar-refractivity contribution in [2.24, 2.45) is 0 Å². The van der Waals surface area contributed by atoms with Gasteiger partial charge in [0.05, 0.1) is 0 Å². The molecule has 0 atom stereocenters. The van der Waals surface area contributed by atoms with E-state index in [2.05, 4.69) is 76.1 Å². The van der Waals surface area contributed by atoms with Gasteiger partial charge < -0.3 is 4.90 Å². The van der Waals surface area contributed by atoms with E-state index in [1.807, 2.05) is 62.4 Å². The fraction of sp³-hybridized carbons (Fsp3) is 0.351. The van der Waals surface area contributed by atoms with Gasteiger partial charge in [0.15, 0.2) is 0 Å². The van der Waals surface area contributed by atoms with Crippen molar-refractivity contribution in [1.82, 2.24) is 9.80 Å². The third kappa shape index (κ3) is 18.2. The van der Waals surface area contributed by atoms with E-state index in [4.69, 9.17) is 0 Å². The highest BCUT2D eigenvalue weighted by atomic mass is 32.2. The number of benzene rings is 2. The Morgan fingerprint density at radius 2 is 1.41 bits per heavy atom. The van der Waals surface area contributed by atoms with Gasteiger partial charge in [-0.15, -0.1) is 0 Å². The van der Waals surface area contributed by atoms with Crippen LogP contribution in [0.2, 0.25) is 0 Å². The summed E-state index contributed by atoms with van der Waals surface area (Å²) in [6.45, 7) is 30.9. The fourth-order valence-electron chi connectivity index (χ4n) is 3.38. The monoisotopic (exact) mass is 576 g/mol. The Morgan fingerprint density at radius 1 is 0.878 bits per heavy atom. The Labute approximate surface area is 255 Å². The van der Waals surface area contributed by atoms with Gasteiger partial charge in [-0.3, -0.25) is 4.90 Å². The summed E-state index contributed by atoms with van der Waals surface area (Å²) in [5, 5.41) is 0. The molecule has 1 aliphatic rings. The number of likely N-dealkylation sites (N-methyl/N-ethyl adjacent to an activating group) is 1. The highest BCUT2D eigenvalue weighted by Gasteiger charge is 2.13. The molecule has 0 unspecified atom stereocenters. The van der Waals surface area contributed by atoms with Crippen LogP contribution in [0, 0.1) is 12.7 Å². The summed E-state index contributed by atoms with van der Waals surface area (Å²) in [4.78, 5) is 7.13. The predicted molar refractivity (Wildman–Crippen MR) is 184 cm³/mol. The molecule has 2 aromatic carbocycles. The molecule has 0 saturated carbocycles.